The van der Waals surface area contributed by atoms with Crippen molar-refractivity contribution in [3.8, 4) is 5.69 Å². The van der Waals surface area contributed by atoms with Crippen LogP contribution >= 0.6 is 11.6 Å². The minimum absolute atomic E-state index is 0.0149. The predicted molar refractivity (Wildman–Crippen MR) is 78.4 cm³/mol. The Kier molecular flexibility index (Phi) is 3.54. The Balaban J connectivity index is 2.16. The number of rotatable bonds is 3. The lowest BCUT2D eigenvalue weighted by Crippen LogP contribution is -2.08. The van der Waals surface area contributed by atoms with Crippen molar-refractivity contribution in [1.82, 2.24) is 9.55 Å². The Bertz CT molecular complexity index is 800. The summed E-state index contributed by atoms with van der Waals surface area (Å²) in [5.41, 5.74) is 0.942. The molecule has 104 valence electrons. The number of nitrogens with zero attached hydrogens (tertiary/aromatic N) is 2. The first-order chi connectivity index (χ1) is 10.2. The summed E-state index contributed by atoms with van der Waals surface area (Å²) < 4.78 is 15.5. The molecule has 0 amide bonds. The number of aromatic nitrogens is 2. The van der Waals surface area contributed by atoms with Gasteiger partial charge in [0, 0.05) is 23.0 Å². The summed E-state index contributed by atoms with van der Waals surface area (Å²) in [4.78, 5) is 16.6. The highest BCUT2D eigenvalue weighted by Crippen LogP contribution is 2.23. The second-order valence-corrected chi connectivity index (χ2v) is 4.88. The fourth-order valence-corrected chi connectivity index (χ4v) is 2.28. The first-order valence-electron chi connectivity index (χ1n) is 6.24. The molecule has 0 bridgehead atoms. The highest BCUT2D eigenvalue weighted by Gasteiger charge is 2.18. The molecule has 3 aromatic rings. The van der Waals surface area contributed by atoms with Crippen molar-refractivity contribution in [3.63, 3.8) is 0 Å². The van der Waals surface area contributed by atoms with Crippen LogP contribution in [0.3, 0.4) is 0 Å². The zero-order chi connectivity index (χ0) is 14.8. The molecule has 0 saturated carbocycles. The fourth-order valence-electron chi connectivity index (χ4n) is 2.11. The Hall–Kier alpha value is -2.46. The first kappa shape index (κ1) is 13.5. The Labute approximate surface area is 125 Å². The number of benzene rings is 2. The predicted octanol–water partition coefficient (Wildman–Crippen LogP) is 3.90. The maximum absolute atomic E-state index is 13.8. The minimum Gasteiger partial charge on any atom is -0.306 e. The molecule has 0 aliphatic heterocycles. The average Bonchev–Trinajstić information content (AvgIpc) is 3.01. The lowest BCUT2D eigenvalue weighted by molar-refractivity contribution is 0.103. The summed E-state index contributed by atoms with van der Waals surface area (Å²) in [6, 6.07) is 10.8. The molecule has 0 spiro atoms. The van der Waals surface area contributed by atoms with Crippen molar-refractivity contribution in [2.24, 2.45) is 0 Å². The van der Waals surface area contributed by atoms with Gasteiger partial charge in [0.1, 0.15) is 5.82 Å². The summed E-state index contributed by atoms with van der Waals surface area (Å²) in [5, 5.41) is 0.415. The van der Waals surface area contributed by atoms with Crippen LogP contribution in [-0.2, 0) is 0 Å². The van der Waals surface area contributed by atoms with Crippen molar-refractivity contribution < 1.29 is 9.18 Å². The third-order valence-electron chi connectivity index (χ3n) is 3.10. The van der Waals surface area contributed by atoms with Crippen LogP contribution in [0.1, 0.15) is 15.9 Å². The second-order valence-electron chi connectivity index (χ2n) is 4.44. The van der Waals surface area contributed by atoms with E-state index in [1.165, 1.54) is 18.2 Å². The van der Waals surface area contributed by atoms with Gasteiger partial charge in [0.15, 0.2) is 5.78 Å². The van der Waals surface area contributed by atoms with Gasteiger partial charge in [0.25, 0.3) is 0 Å². The van der Waals surface area contributed by atoms with E-state index in [1.807, 2.05) is 0 Å². The molecule has 5 heteroatoms. The van der Waals surface area contributed by atoms with Gasteiger partial charge in [-0.15, -0.1) is 0 Å². The molecule has 0 unspecified atom stereocenters. The Morgan fingerprint density at radius 3 is 2.67 bits per heavy atom. The third kappa shape index (κ3) is 2.58. The van der Waals surface area contributed by atoms with E-state index in [0.29, 0.717) is 16.3 Å². The quantitative estimate of drug-likeness (QED) is 0.688. The highest BCUT2D eigenvalue weighted by molar-refractivity contribution is 6.31. The van der Waals surface area contributed by atoms with Crippen LogP contribution in [-0.4, -0.2) is 15.3 Å². The molecule has 0 radical (unpaired) electrons. The number of carbonyl (C=O) groups excluding carboxylic acids is 1. The smallest absolute Gasteiger partial charge is 0.198 e. The molecule has 0 aliphatic rings. The normalized spacial score (nSPS) is 10.6. The molecule has 2 aromatic carbocycles. The number of carbonyl (C=O) groups is 1. The van der Waals surface area contributed by atoms with Crippen molar-refractivity contribution in [3.05, 3.63) is 83.2 Å². The van der Waals surface area contributed by atoms with E-state index in [0.717, 1.165) is 0 Å². The van der Waals surface area contributed by atoms with Gasteiger partial charge in [0.05, 0.1) is 17.6 Å². The summed E-state index contributed by atoms with van der Waals surface area (Å²) in [6.07, 6.45) is 4.88. The minimum atomic E-state index is -0.556. The SMILES string of the molecule is O=C(c1ccccc1F)c1cc(Cl)ccc1-n1ccnc1. The Morgan fingerprint density at radius 2 is 1.95 bits per heavy atom. The third-order valence-corrected chi connectivity index (χ3v) is 3.34. The average molecular weight is 301 g/mol. The molecular formula is C16H10ClFN2O. The molecular weight excluding hydrogens is 291 g/mol. The summed E-state index contributed by atoms with van der Waals surface area (Å²) in [7, 11) is 0. The van der Waals surface area contributed by atoms with Crippen LogP contribution in [0.5, 0.6) is 0 Å². The van der Waals surface area contributed by atoms with Gasteiger partial charge in [0.2, 0.25) is 0 Å². The molecule has 0 atom stereocenters. The van der Waals surface area contributed by atoms with Crippen LogP contribution in [0.15, 0.2) is 61.2 Å². The van der Waals surface area contributed by atoms with Crippen molar-refractivity contribution in [2.75, 3.05) is 0 Å². The van der Waals surface area contributed by atoms with E-state index in [9.17, 15) is 9.18 Å². The highest BCUT2D eigenvalue weighted by atomic mass is 35.5. The molecule has 0 N–H and O–H groups in total. The van der Waals surface area contributed by atoms with E-state index >= 15 is 0 Å². The van der Waals surface area contributed by atoms with Gasteiger partial charge in [-0.2, -0.15) is 0 Å². The van der Waals surface area contributed by atoms with E-state index < -0.39 is 11.6 Å². The van der Waals surface area contributed by atoms with E-state index in [-0.39, 0.29) is 5.56 Å². The van der Waals surface area contributed by atoms with Crippen LogP contribution in [0.4, 0.5) is 4.39 Å². The van der Waals surface area contributed by atoms with E-state index in [2.05, 4.69) is 4.98 Å². The van der Waals surface area contributed by atoms with Crippen molar-refractivity contribution in [1.29, 1.82) is 0 Å². The van der Waals surface area contributed by atoms with Crippen LogP contribution in [0, 0.1) is 5.82 Å². The number of ketones is 1. The maximum Gasteiger partial charge on any atom is 0.198 e. The maximum atomic E-state index is 13.8. The van der Waals surface area contributed by atoms with Crippen molar-refractivity contribution in [2.45, 2.75) is 0 Å². The number of hydrogen-bond donors (Lipinski definition) is 0. The van der Waals surface area contributed by atoms with E-state index in [1.54, 1.807) is 47.6 Å². The van der Waals surface area contributed by atoms with Crippen LogP contribution < -0.4 is 0 Å². The molecule has 21 heavy (non-hydrogen) atoms. The number of hydrogen-bond acceptors (Lipinski definition) is 2. The topological polar surface area (TPSA) is 34.9 Å². The van der Waals surface area contributed by atoms with Gasteiger partial charge in [-0.1, -0.05) is 23.7 Å². The number of imidazole rings is 1. The standard InChI is InChI=1S/C16H10ClFN2O/c17-11-5-6-15(20-8-7-19-10-20)13(9-11)16(21)12-3-1-2-4-14(12)18/h1-10H. The number of halogens is 2. The lowest BCUT2D eigenvalue weighted by atomic mass is 10.0. The zero-order valence-corrected chi connectivity index (χ0v) is 11.6. The molecule has 0 saturated heterocycles. The Morgan fingerprint density at radius 1 is 1.14 bits per heavy atom. The first-order valence-corrected chi connectivity index (χ1v) is 6.62. The van der Waals surface area contributed by atoms with Gasteiger partial charge < -0.3 is 4.57 Å². The van der Waals surface area contributed by atoms with Gasteiger partial charge >= 0.3 is 0 Å². The lowest BCUT2D eigenvalue weighted by Gasteiger charge is -2.10. The molecule has 1 aromatic heterocycles. The largest absolute Gasteiger partial charge is 0.306 e. The molecule has 3 rings (SSSR count). The fraction of sp³-hybridized carbons (Fsp3) is 0. The van der Waals surface area contributed by atoms with Gasteiger partial charge in [-0.05, 0) is 30.3 Å². The summed E-state index contributed by atoms with van der Waals surface area (Å²) >= 11 is 5.98. The summed E-state index contributed by atoms with van der Waals surface area (Å²) in [6.45, 7) is 0. The molecule has 0 aliphatic carbocycles. The van der Waals surface area contributed by atoms with Gasteiger partial charge in [-0.25, -0.2) is 9.37 Å². The molecule has 1 heterocycles. The van der Waals surface area contributed by atoms with Crippen LogP contribution in [0.2, 0.25) is 5.02 Å². The zero-order valence-electron chi connectivity index (χ0n) is 10.8. The van der Waals surface area contributed by atoms with Crippen molar-refractivity contribution >= 4 is 17.4 Å². The summed E-state index contributed by atoms with van der Waals surface area (Å²) in [5.74, 6) is -0.974. The molecule has 3 nitrogen and oxygen atoms in total. The van der Waals surface area contributed by atoms with Gasteiger partial charge in [-0.3, -0.25) is 4.79 Å². The van der Waals surface area contributed by atoms with Crippen LogP contribution in [0.25, 0.3) is 5.69 Å². The van der Waals surface area contributed by atoms with E-state index in [4.69, 9.17) is 11.6 Å². The monoisotopic (exact) mass is 300 g/mol. The second kappa shape index (κ2) is 5.50. The molecule has 0 fully saturated rings.